The smallest absolute Gasteiger partial charge is 0.331 e. The fourth-order valence-corrected chi connectivity index (χ4v) is 6.81. The molecule has 2 aromatic rings. The number of aromatic nitrogens is 3. The number of unbranched alkanes of at least 4 members (excludes halogenated alkanes) is 14. The number of aromatic amines is 1. The number of H-pyrrole nitrogens is 1. The molecule has 9 nitrogen and oxygen atoms in total. The average molecular weight is 635 g/mol. The van der Waals surface area contributed by atoms with Gasteiger partial charge in [-0.25, -0.2) is 22.9 Å². The van der Waals surface area contributed by atoms with E-state index in [0.29, 0.717) is 19.3 Å². The molecule has 0 saturated carbocycles. The SMILES string of the molecule is CCCCCCCCCCCCCCCCCC(=O)OC(=O)[C@H](CC(C)C)NS(=O)(=O)CCCc1nccc2[nH]c(C)nc12. The summed E-state index contributed by atoms with van der Waals surface area (Å²) in [6.45, 7) is 7.90. The molecule has 0 saturated heterocycles. The number of aryl methyl sites for hydroxylation is 2. The third-order valence-electron chi connectivity index (χ3n) is 7.93. The van der Waals surface area contributed by atoms with Gasteiger partial charge >= 0.3 is 11.9 Å². The highest BCUT2D eigenvalue weighted by Crippen LogP contribution is 2.17. The Balaban J connectivity index is 1.62. The van der Waals surface area contributed by atoms with Gasteiger partial charge in [0.1, 0.15) is 17.4 Å². The van der Waals surface area contributed by atoms with Gasteiger partial charge in [0.15, 0.2) is 0 Å². The number of hydrogen-bond donors (Lipinski definition) is 2. The number of carbonyl (C=O) groups excluding carboxylic acids is 2. The van der Waals surface area contributed by atoms with Crippen LogP contribution in [0.4, 0.5) is 0 Å². The average Bonchev–Trinajstić information content (AvgIpc) is 3.35. The van der Waals surface area contributed by atoms with Crippen LogP contribution >= 0.6 is 0 Å². The van der Waals surface area contributed by atoms with Crippen molar-refractivity contribution in [2.45, 2.75) is 156 Å². The van der Waals surface area contributed by atoms with Gasteiger partial charge in [-0.15, -0.1) is 0 Å². The van der Waals surface area contributed by atoms with Crippen molar-refractivity contribution in [1.29, 1.82) is 0 Å². The second-order valence-electron chi connectivity index (χ2n) is 12.7. The number of esters is 2. The number of imidazole rings is 1. The lowest BCUT2D eigenvalue weighted by Gasteiger charge is -2.19. The Bertz CT molecular complexity index is 1210. The Morgan fingerprint density at radius 2 is 1.45 bits per heavy atom. The molecule has 0 spiro atoms. The van der Waals surface area contributed by atoms with E-state index in [4.69, 9.17) is 4.74 Å². The molecule has 0 aliphatic carbocycles. The van der Waals surface area contributed by atoms with Crippen molar-refractivity contribution in [1.82, 2.24) is 19.7 Å². The lowest BCUT2D eigenvalue weighted by atomic mass is 10.0. The van der Waals surface area contributed by atoms with Crippen molar-refractivity contribution < 1.29 is 22.7 Å². The number of ether oxygens (including phenoxy) is 1. The van der Waals surface area contributed by atoms with Crippen LogP contribution < -0.4 is 4.72 Å². The number of sulfonamides is 1. The first-order valence-electron chi connectivity index (χ1n) is 17.2. The van der Waals surface area contributed by atoms with Gasteiger partial charge in [-0.3, -0.25) is 9.78 Å². The summed E-state index contributed by atoms with van der Waals surface area (Å²) in [7, 11) is -3.79. The van der Waals surface area contributed by atoms with E-state index in [9.17, 15) is 18.0 Å². The molecule has 1 atom stereocenters. The predicted molar refractivity (Wildman–Crippen MR) is 178 cm³/mol. The molecule has 0 aliphatic heterocycles. The lowest BCUT2D eigenvalue weighted by molar-refractivity contribution is -0.161. The molecule has 0 fully saturated rings. The molecular weight excluding hydrogens is 576 g/mol. The third-order valence-corrected chi connectivity index (χ3v) is 9.40. The van der Waals surface area contributed by atoms with Crippen molar-refractivity contribution in [2.24, 2.45) is 5.92 Å². The first-order valence-corrected chi connectivity index (χ1v) is 18.8. The van der Waals surface area contributed by atoms with Crippen LogP contribution in [0.2, 0.25) is 0 Å². The minimum Gasteiger partial charge on any atom is -0.392 e. The molecule has 44 heavy (non-hydrogen) atoms. The molecular formula is C34H58N4O5S. The summed E-state index contributed by atoms with van der Waals surface area (Å²) >= 11 is 0. The van der Waals surface area contributed by atoms with Crippen molar-refractivity contribution in [2.75, 3.05) is 5.75 Å². The number of fused-ring (bicyclic) bond motifs is 1. The Kier molecular flexibility index (Phi) is 18.4. The first-order chi connectivity index (χ1) is 21.1. The topological polar surface area (TPSA) is 131 Å². The number of nitrogens with one attached hydrogen (secondary N) is 2. The molecule has 0 unspecified atom stereocenters. The van der Waals surface area contributed by atoms with Crippen LogP contribution in [0.25, 0.3) is 11.0 Å². The van der Waals surface area contributed by atoms with E-state index in [1.807, 2.05) is 26.8 Å². The molecule has 2 heterocycles. The number of pyridine rings is 1. The lowest BCUT2D eigenvalue weighted by Crippen LogP contribution is -2.44. The van der Waals surface area contributed by atoms with Gasteiger partial charge in [0.05, 0.1) is 17.0 Å². The van der Waals surface area contributed by atoms with Gasteiger partial charge < -0.3 is 9.72 Å². The molecule has 0 bridgehead atoms. The maximum atomic E-state index is 12.9. The van der Waals surface area contributed by atoms with E-state index in [0.717, 1.165) is 41.8 Å². The zero-order chi connectivity index (χ0) is 32.2. The van der Waals surface area contributed by atoms with Crippen molar-refractivity contribution in [3.05, 3.63) is 23.8 Å². The molecule has 2 rings (SSSR count). The van der Waals surface area contributed by atoms with Crippen LogP contribution in [0.3, 0.4) is 0 Å². The van der Waals surface area contributed by atoms with E-state index < -0.39 is 28.0 Å². The summed E-state index contributed by atoms with van der Waals surface area (Å²) < 4.78 is 33.3. The van der Waals surface area contributed by atoms with E-state index in [2.05, 4.69) is 26.6 Å². The van der Waals surface area contributed by atoms with Crippen molar-refractivity contribution in [3.63, 3.8) is 0 Å². The summed E-state index contributed by atoms with van der Waals surface area (Å²) in [6.07, 6.45) is 21.3. The Labute approximate surface area is 266 Å². The molecule has 0 radical (unpaired) electrons. The second-order valence-corrected chi connectivity index (χ2v) is 14.6. The van der Waals surface area contributed by atoms with Crippen LogP contribution in [0.15, 0.2) is 12.3 Å². The number of rotatable bonds is 25. The largest absolute Gasteiger partial charge is 0.392 e. The summed E-state index contributed by atoms with van der Waals surface area (Å²) in [5, 5.41) is 0. The number of nitrogens with zero attached hydrogens (tertiary/aromatic N) is 2. The highest BCUT2D eigenvalue weighted by molar-refractivity contribution is 7.89. The molecule has 0 amide bonds. The normalized spacial score (nSPS) is 12.7. The summed E-state index contributed by atoms with van der Waals surface area (Å²) in [5.41, 5.74) is 2.33. The molecule has 2 N–H and O–H groups in total. The van der Waals surface area contributed by atoms with Crippen LogP contribution in [-0.2, 0) is 30.8 Å². The van der Waals surface area contributed by atoms with Crippen molar-refractivity contribution in [3.8, 4) is 0 Å². The molecule has 0 aromatic carbocycles. The van der Waals surface area contributed by atoms with Gasteiger partial charge in [-0.1, -0.05) is 111 Å². The maximum Gasteiger partial charge on any atom is 0.331 e. The summed E-state index contributed by atoms with van der Waals surface area (Å²) in [4.78, 5) is 37.1. The van der Waals surface area contributed by atoms with Gasteiger partial charge in [0, 0.05) is 12.6 Å². The Hall–Kier alpha value is -2.33. The molecule has 0 aliphatic rings. The molecule has 10 heteroatoms. The highest BCUT2D eigenvalue weighted by atomic mass is 32.2. The standard InChI is InChI=1S/C34H58N4O5S/c1-5-6-7-8-9-10-11-12-13-14-15-16-17-18-19-22-32(39)43-34(40)31(26-27(2)3)38-44(41,42)25-20-21-29-33-30(23-24-35-29)36-28(4)37-33/h23-24,27,31,38H,5-22,25-26H2,1-4H3,(H,36,37)/t31-/m0/s1. The Morgan fingerprint density at radius 3 is 2.02 bits per heavy atom. The minimum absolute atomic E-state index is 0.0330. The number of hydrogen-bond acceptors (Lipinski definition) is 7. The second kappa shape index (κ2) is 21.4. The molecule has 2 aromatic heterocycles. The summed E-state index contributed by atoms with van der Waals surface area (Å²) in [6, 6.07) is 0.737. The van der Waals surface area contributed by atoms with Gasteiger partial charge in [0.2, 0.25) is 10.0 Å². The van der Waals surface area contributed by atoms with Crippen molar-refractivity contribution >= 4 is 33.0 Å². The Morgan fingerprint density at radius 1 is 0.886 bits per heavy atom. The first kappa shape index (κ1) is 37.9. The van der Waals surface area contributed by atoms with E-state index in [1.54, 1.807) is 6.20 Å². The monoisotopic (exact) mass is 634 g/mol. The van der Waals surface area contributed by atoms with Crippen LogP contribution in [0.1, 0.15) is 148 Å². The van der Waals surface area contributed by atoms with Crippen LogP contribution in [-0.4, -0.2) is 47.1 Å². The third kappa shape index (κ3) is 16.1. The number of carbonyl (C=O) groups is 2. The quantitative estimate of drug-likeness (QED) is 0.0645. The van der Waals surface area contributed by atoms with E-state index in [-0.39, 0.29) is 24.5 Å². The zero-order valence-corrected chi connectivity index (χ0v) is 28.6. The van der Waals surface area contributed by atoms with Gasteiger partial charge in [0.25, 0.3) is 0 Å². The summed E-state index contributed by atoms with van der Waals surface area (Å²) in [5.74, 6) is -0.792. The fourth-order valence-electron chi connectivity index (χ4n) is 5.54. The maximum absolute atomic E-state index is 12.9. The predicted octanol–water partition coefficient (Wildman–Crippen LogP) is 7.86. The molecule has 250 valence electrons. The van der Waals surface area contributed by atoms with E-state index >= 15 is 0 Å². The zero-order valence-electron chi connectivity index (χ0n) is 27.8. The highest BCUT2D eigenvalue weighted by Gasteiger charge is 2.28. The van der Waals surface area contributed by atoms with E-state index in [1.165, 1.54) is 70.6 Å². The minimum atomic E-state index is -3.79. The van der Waals surface area contributed by atoms with Gasteiger partial charge in [-0.05, 0) is 44.6 Å². The van der Waals surface area contributed by atoms with Crippen LogP contribution in [0.5, 0.6) is 0 Å². The van der Waals surface area contributed by atoms with Crippen LogP contribution in [0, 0.1) is 12.8 Å². The van der Waals surface area contributed by atoms with Gasteiger partial charge in [-0.2, -0.15) is 0 Å². The fraction of sp³-hybridized carbons (Fsp3) is 0.765.